The molecule has 120 valence electrons. The summed E-state index contributed by atoms with van der Waals surface area (Å²) in [4.78, 5) is 16.6. The summed E-state index contributed by atoms with van der Waals surface area (Å²) in [6.07, 6.45) is 1.49. The fourth-order valence-electron chi connectivity index (χ4n) is 2.37. The third-order valence-electron chi connectivity index (χ3n) is 3.35. The molecule has 3 rings (SSSR count). The molecule has 0 bridgehead atoms. The lowest BCUT2D eigenvalue weighted by atomic mass is 10.4. The molecule has 0 fully saturated rings. The molecule has 0 aliphatic rings. The molecule has 0 unspecified atom stereocenters. The van der Waals surface area contributed by atoms with Gasteiger partial charge in [0.25, 0.3) is 10.0 Å². The summed E-state index contributed by atoms with van der Waals surface area (Å²) >= 11 is 5.99. The molecule has 9 heteroatoms. The van der Waals surface area contributed by atoms with Crippen LogP contribution in [0.5, 0.6) is 0 Å². The number of aromatic nitrogens is 3. The van der Waals surface area contributed by atoms with Gasteiger partial charge in [-0.05, 0) is 24.3 Å². The highest BCUT2D eigenvalue weighted by Crippen LogP contribution is 2.24. The Morgan fingerprint density at radius 1 is 1.17 bits per heavy atom. The number of pyridine rings is 1. The Bertz CT molecular complexity index is 1040. The maximum Gasteiger partial charge on any atom is 0.344 e. The van der Waals surface area contributed by atoms with E-state index in [0.717, 1.165) is 0 Å². The summed E-state index contributed by atoms with van der Waals surface area (Å²) in [7, 11) is -4.15. The molecule has 2 N–H and O–H groups in total. The van der Waals surface area contributed by atoms with Gasteiger partial charge in [0.1, 0.15) is 10.4 Å². The van der Waals surface area contributed by atoms with E-state index in [-0.39, 0.29) is 34.2 Å². The van der Waals surface area contributed by atoms with Gasteiger partial charge >= 0.3 is 5.69 Å². The number of halogens is 1. The lowest BCUT2D eigenvalue weighted by Crippen LogP contribution is -2.31. The highest BCUT2D eigenvalue weighted by molar-refractivity contribution is 7.90. The van der Waals surface area contributed by atoms with Crippen molar-refractivity contribution in [3.05, 3.63) is 58.1 Å². The molecule has 0 amide bonds. The van der Waals surface area contributed by atoms with E-state index >= 15 is 0 Å². The third kappa shape index (κ3) is 2.44. The number of imidazole rings is 1. The Balaban J connectivity index is 2.39. The summed E-state index contributed by atoms with van der Waals surface area (Å²) in [5.41, 5.74) is 5.24. The van der Waals surface area contributed by atoms with E-state index in [0.29, 0.717) is 3.97 Å². The maximum absolute atomic E-state index is 12.9. The summed E-state index contributed by atoms with van der Waals surface area (Å²) < 4.78 is 27.8. The van der Waals surface area contributed by atoms with Gasteiger partial charge in [0.05, 0.1) is 5.02 Å². The zero-order valence-electron chi connectivity index (χ0n) is 11.9. The summed E-state index contributed by atoms with van der Waals surface area (Å²) in [6, 6.07) is 9.05. The first kappa shape index (κ1) is 15.7. The van der Waals surface area contributed by atoms with Crippen molar-refractivity contribution >= 4 is 32.8 Å². The minimum Gasteiger partial charge on any atom is -0.329 e. The number of nitrogens with two attached hydrogens (primary N) is 1. The third-order valence-corrected chi connectivity index (χ3v) is 5.54. The standard InChI is InChI=1S/C14H13ClN4O3S/c15-10-4-1-2-6-12(10)23(21,22)19-11-5-3-8-17-13(11)18(9-7-16)14(19)20/h1-6,8H,7,9,16H2. The van der Waals surface area contributed by atoms with Gasteiger partial charge in [-0.2, -0.15) is 3.97 Å². The van der Waals surface area contributed by atoms with Gasteiger partial charge in [0, 0.05) is 19.3 Å². The minimum absolute atomic E-state index is 0.0445. The number of rotatable bonds is 4. The molecule has 2 heterocycles. The molecule has 0 atom stereocenters. The van der Waals surface area contributed by atoms with Crippen LogP contribution in [-0.2, 0) is 16.6 Å². The van der Waals surface area contributed by atoms with Crippen LogP contribution in [0.1, 0.15) is 0 Å². The molecule has 7 nitrogen and oxygen atoms in total. The van der Waals surface area contributed by atoms with Crippen molar-refractivity contribution in [1.82, 2.24) is 13.5 Å². The number of hydrogen-bond acceptors (Lipinski definition) is 5. The second-order valence-corrected chi connectivity index (χ2v) is 6.93. The van der Waals surface area contributed by atoms with Crippen molar-refractivity contribution in [2.24, 2.45) is 5.73 Å². The largest absolute Gasteiger partial charge is 0.344 e. The van der Waals surface area contributed by atoms with Crippen LogP contribution in [-0.4, -0.2) is 28.5 Å². The molecule has 3 aromatic rings. The molecule has 0 saturated heterocycles. The molecule has 1 aromatic carbocycles. The summed E-state index contributed by atoms with van der Waals surface area (Å²) in [5.74, 6) is 0. The van der Waals surface area contributed by atoms with Crippen molar-refractivity contribution in [3.8, 4) is 0 Å². The van der Waals surface area contributed by atoms with Crippen LogP contribution < -0.4 is 11.4 Å². The first-order chi connectivity index (χ1) is 11.0. The van der Waals surface area contributed by atoms with Gasteiger partial charge < -0.3 is 5.73 Å². The molecule has 0 spiro atoms. The van der Waals surface area contributed by atoms with E-state index in [1.54, 1.807) is 18.2 Å². The zero-order chi connectivity index (χ0) is 16.6. The van der Waals surface area contributed by atoms with Crippen LogP contribution in [0.2, 0.25) is 5.02 Å². The van der Waals surface area contributed by atoms with Crippen LogP contribution in [0.15, 0.2) is 52.3 Å². The maximum atomic E-state index is 12.9. The molecule has 23 heavy (non-hydrogen) atoms. The van der Waals surface area contributed by atoms with Crippen LogP contribution in [0.3, 0.4) is 0 Å². The molecular weight excluding hydrogens is 340 g/mol. The van der Waals surface area contributed by atoms with Crippen molar-refractivity contribution in [1.29, 1.82) is 0 Å². The van der Waals surface area contributed by atoms with Crippen LogP contribution in [0.4, 0.5) is 0 Å². The van der Waals surface area contributed by atoms with Crippen molar-refractivity contribution in [2.45, 2.75) is 11.4 Å². The Morgan fingerprint density at radius 3 is 2.61 bits per heavy atom. The lowest BCUT2D eigenvalue weighted by molar-refractivity contribution is 0.583. The second-order valence-electron chi connectivity index (χ2n) is 4.77. The molecule has 0 aliphatic carbocycles. The van der Waals surface area contributed by atoms with Crippen LogP contribution in [0, 0.1) is 0 Å². The highest BCUT2D eigenvalue weighted by atomic mass is 35.5. The van der Waals surface area contributed by atoms with Crippen LogP contribution >= 0.6 is 11.6 Å². The second kappa shape index (κ2) is 5.80. The predicted octanol–water partition coefficient (Wildman–Crippen LogP) is 1.05. The van der Waals surface area contributed by atoms with Gasteiger partial charge in [-0.3, -0.25) is 4.57 Å². The fraction of sp³-hybridized carbons (Fsp3) is 0.143. The van der Waals surface area contributed by atoms with E-state index < -0.39 is 15.7 Å². The van der Waals surface area contributed by atoms with Gasteiger partial charge in [-0.25, -0.2) is 18.2 Å². The quantitative estimate of drug-likeness (QED) is 0.756. The lowest BCUT2D eigenvalue weighted by Gasteiger charge is -2.07. The number of nitrogens with zero attached hydrogens (tertiary/aromatic N) is 3. The van der Waals surface area contributed by atoms with E-state index in [2.05, 4.69) is 4.98 Å². The summed E-state index contributed by atoms with van der Waals surface area (Å²) in [5, 5.41) is 0.0445. The van der Waals surface area contributed by atoms with Gasteiger partial charge in [0.2, 0.25) is 0 Å². The Kier molecular flexibility index (Phi) is 3.97. The normalized spacial score (nSPS) is 11.9. The first-order valence-corrected chi connectivity index (χ1v) is 8.56. The summed E-state index contributed by atoms with van der Waals surface area (Å²) in [6.45, 7) is 0.346. The number of benzene rings is 1. The number of fused-ring (bicyclic) bond motifs is 1. The first-order valence-electron chi connectivity index (χ1n) is 6.75. The molecule has 0 radical (unpaired) electrons. The van der Waals surface area contributed by atoms with E-state index in [4.69, 9.17) is 17.3 Å². The van der Waals surface area contributed by atoms with Crippen molar-refractivity contribution in [2.75, 3.05) is 6.54 Å². The van der Waals surface area contributed by atoms with Crippen molar-refractivity contribution in [3.63, 3.8) is 0 Å². The molecule has 0 saturated carbocycles. The minimum atomic E-state index is -4.15. The van der Waals surface area contributed by atoms with E-state index in [9.17, 15) is 13.2 Å². The van der Waals surface area contributed by atoms with Gasteiger partial charge in [0.15, 0.2) is 5.65 Å². The fourth-order valence-corrected chi connectivity index (χ4v) is 4.27. The number of hydrogen-bond donors (Lipinski definition) is 1. The highest BCUT2D eigenvalue weighted by Gasteiger charge is 2.27. The zero-order valence-corrected chi connectivity index (χ0v) is 13.5. The average Bonchev–Trinajstić information content (AvgIpc) is 2.81. The topological polar surface area (TPSA) is 100.0 Å². The Labute approximate surface area is 137 Å². The monoisotopic (exact) mass is 352 g/mol. The molecule has 0 aliphatic heterocycles. The van der Waals surface area contributed by atoms with E-state index in [1.165, 1.54) is 29.0 Å². The SMILES string of the molecule is NCCn1c(=O)n(S(=O)(=O)c2ccccc2Cl)c2cccnc21. The molecule has 2 aromatic heterocycles. The van der Waals surface area contributed by atoms with Crippen molar-refractivity contribution < 1.29 is 8.42 Å². The Hall–Kier alpha value is -2.16. The Morgan fingerprint density at radius 2 is 1.91 bits per heavy atom. The van der Waals surface area contributed by atoms with Gasteiger partial charge in [-0.15, -0.1) is 0 Å². The van der Waals surface area contributed by atoms with Gasteiger partial charge in [-0.1, -0.05) is 23.7 Å². The molecular formula is C14H13ClN4O3S. The average molecular weight is 353 g/mol. The van der Waals surface area contributed by atoms with Crippen LogP contribution in [0.25, 0.3) is 11.2 Å². The smallest absolute Gasteiger partial charge is 0.329 e. The van der Waals surface area contributed by atoms with E-state index in [1.807, 2.05) is 0 Å². The predicted molar refractivity (Wildman–Crippen MR) is 87.1 cm³/mol.